The van der Waals surface area contributed by atoms with Crippen LogP contribution in [0.15, 0.2) is 12.5 Å². The van der Waals surface area contributed by atoms with Crippen LogP contribution in [-0.2, 0) is 7.05 Å². The van der Waals surface area contributed by atoms with E-state index >= 15 is 0 Å². The van der Waals surface area contributed by atoms with Crippen LogP contribution in [0.5, 0.6) is 5.88 Å². The quantitative estimate of drug-likeness (QED) is 0.611. The Morgan fingerprint density at radius 2 is 2.33 bits per heavy atom. The lowest BCUT2D eigenvalue weighted by atomic mass is 10.4. The molecule has 0 aromatic carbocycles. The van der Waals surface area contributed by atoms with Crippen molar-refractivity contribution in [3.05, 3.63) is 12.5 Å². The number of ether oxygens (including phenoxy) is 1. The molecule has 0 saturated heterocycles. The number of hydrogen-bond donors (Lipinski definition) is 0. The SMILES string of the molecule is COc1nncc2ncn(C)c12. The summed E-state index contributed by atoms with van der Waals surface area (Å²) in [5.41, 5.74) is 1.66. The maximum atomic E-state index is 5.03. The van der Waals surface area contributed by atoms with Crippen LogP contribution in [-0.4, -0.2) is 26.9 Å². The molecule has 0 amide bonds. The topological polar surface area (TPSA) is 52.8 Å². The molecule has 0 aliphatic rings. The zero-order chi connectivity index (χ0) is 8.55. The van der Waals surface area contributed by atoms with Gasteiger partial charge in [0.25, 0.3) is 5.88 Å². The lowest BCUT2D eigenvalue weighted by Gasteiger charge is -1.99. The van der Waals surface area contributed by atoms with Gasteiger partial charge in [0.15, 0.2) is 0 Å². The number of aryl methyl sites for hydroxylation is 1. The molecule has 2 rings (SSSR count). The molecule has 2 heterocycles. The van der Waals surface area contributed by atoms with Crippen LogP contribution in [0, 0.1) is 0 Å². The molecule has 0 fully saturated rings. The first-order chi connectivity index (χ1) is 5.83. The van der Waals surface area contributed by atoms with Gasteiger partial charge in [-0.3, -0.25) is 0 Å². The molecule has 12 heavy (non-hydrogen) atoms. The summed E-state index contributed by atoms with van der Waals surface area (Å²) in [5, 5.41) is 7.57. The summed E-state index contributed by atoms with van der Waals surface area (Å²) in [4.78, 5) is 4.11. The molecule has 2 aromatic heterocycles. The van der Waals surface area contributed by atoms with Gasteiger partial charge in [-0.05, 0) is 0 Å². The van der Waals surface area contributed by atoms with Crippen molar-refractivity contribution in [2.75, 3.05) is 7.11 Å². The van der Waals surface area contributed by atoms with Gasteiger partial charge in [-0.1, -0.05) is 0 Å². The monoisotopic (exact) mass is 164 g/mol. The average molecular weight is 164 g/mol. The van der Waals surface area contributed by atoms with Gasteiger partial charge in [-0.25, -0.2) is 4.98 Å². The second-order valence-corrected chi connectivity index (χ2v) is 2.44. The fourth-order valence-electron chi connectivity index (χ4n) is 1.12. The number of rotatable bonds is 1. The Morgan fingerprint density at radius 1 is 1.50 bits per heavy atom. The van der Waals surface area contributed by atoms with Crippen molar-refractivity contribution in [2.45, 2.75) is 0 Å². The fourth-order valence-corrected chi connectivity index (χ4v) is 1.12. The third-order valence-corrected chi connectivity index (χ3v) is 1.69. The standard InChI is InChI=1S/C7H8N4O/c1-11-4-8-5-3-9-10-7(12-2)6(5)11/h3-4H,1-2H3. The molecule has 5 nitrogen and oxygen atoms in total. The highest BCUT2D eigenvalue weighted by Gasteiger charge is 2.06. The van der Waals surface area contributed by atoms with Crippen LogP contribution < -0.4 is 4.74 Å². The Kier molecular flexibility index (Phi) is 1.43. The van der Waals surface area contributed by atoms with Crippen molar-refractivity contribution in [1.29, 1.82) is 0 Å². The summed E-state index contributed by atoms with van der Waals surface area (Å²) in [6, 6.07) is 0. The lowest BCUT2D eigenvalue weighted by molar-refractivity contribution is 0.396. The Labute approximate surface area is 69.0 Å². The normalized spacial score (nSPS) is 10.5. The molecule has 0 spiro atoms. The van der Waals surface area contributed by atoms with Crippen LogP contribution in [0.4, 0.5) is 0 Å². The first-order valence-electron chi connectivity index (χ1n) is 3.49. The van der Waals surface area contributed by atoms with Crippen molar-refractivity contribution >= 4 is 11.0 Å². The molecular formula is C7H8N4O. The Balaban J connectivity index is 2.84. The molecule has 0 atom stereocenters. The number of fused-ring (bicyclic) bond motifs is 1. The first kappa shape index (κ1) is 7.02. The predicted molar refractivity (Wildman–Crippen MR) is 42.9 cm³/mol. The highest BCUT2D eigenvalue weighted by Crippen LogP contribution is 2.18. The van der Waals surface area contributed by atoms with Gasteiger partial charge in [-0.15, -0.1) is 5.10 Å². The Morgan fingerprint density at radius 3 is 3.08 bits per heavy atom. The van der Waals surface area contributed by atoms with Crippen molar-refractivity contribution in [3.63, 3.8) is 0 Å². The van der Waals surface area contributed by atoms with E-state index in [1.807, 2.05) is 11.6 Å². The number of imidazole rings is 1. The highest BCUT2D eigenvalue weighted by molar-refractivity contribution is 5.78. The minimum absolute atomic E-state index is 0.507. The largest absolute Gasteiger partial charge is 0.478 e. The summed E-state index contributed by atoms with van der Waals surface area (Å²) in [7, 11) is 3.45. The second kappa shape index (κ2) is 2.44. The van der Waals surface area contributed by atoms with Crippen molar-refractivity contribution in [2.24, 2.45) is 7.05 Å². The van der Waals surface area contributed by atoms with E-state index in [-0.39, 0.29) is 0 Å². The summed E-state index contributed by atoms with van der Waals surface area (Å²) in [6.07, 6.45) is 3.31. The highest BCUT2D eigenvalue weighted by atomic mass is 16.5. The Bertz CT molecular complexity index is 409. The lowest BCUT2D eigenvalue weighted by Crippen LogP contribution is -1.94. The fraction of sp³-hybridized carbons (Fsp3) is 0.286. The molecular weight excluding hydrogens is 156 g/mol. The number of aromatic nitrogens is 4. The smallest absolute Gasteiger partial charge is 0.259 e. The summed E-state index contributed by atoms with van der Waals surface area (Å²) >= 11 is 0. The molecule has 2 aromatic rings. The maximum absolute atomic E-state index is 5.03. The van der Waals surface area contributed by atoms with Gasteiger partial charge in [-0.2, -0.15) is 5.10 Å². The summed E-state index contributed by atoms with van der Waals surface area (Å²) in [6.45, 7) is 0. The number of methoxy groups -OCH3 is 1. The van der Waals surface area contributed by atoms with E-state index in [2.05, 4.69) is 15.2 Å². The van der Waals surface area contributed by atoms with Crippen LogP contribution in [0.1, 0.15) is 0 Å². The van der Waals surface area contributed by atoms with Gasteiger partial charge in [0.2, 0.25) is 0 Å². The van der Waals surface area contributed by atoms with E-state index in [1.165, 1.54) is 0 Å². The van der Waals surface area contributed by atoms with E-state index in [0.717, 1.165) is 11.0 Å². The van der Waals surface area contributed by atoms with Gasteiger partial charge >= 0.3 is 0 Å². The summed E-state index contributed by atoms with van der Waals surface area (Å²) in [5.74, 6) is 0.507. The second-order valence-electron chi connectivity index (χ2n) is 2.44. The number of hydrogen-bond acceptors (Lipinski definition) is 4. The van der Waals surface area contributed by atoms with Gasteiger partial charge in [0.05, 0.1) is 19.6 Å². The third kappa shape index (κ3) is 0.827. The van der Waals surface area contributed by atoms with E-state index in [1.54, 1.807) is 19.6 Å². The number of nitrogens with zero attached hydrogens (tertiary/aromatic N) is 4. The molecule has 0 unspecified atom stereocenters. The zero-order valence-corrected chi connectivity index (χ0v) is 6.85. The molecule has 0 bridgehead atoms. The predicted octanol–water partition coefficient (Wildman–Crippen LogP) is 0.372. The minimum atomic E-state index is 0.507. The van der Waals surface area contributed by atoms with Gasteiger partial charge in [0, 0.05) is 7.05 Å². The van der Waals surface area contributed by atoms with E-state index in [4.69, 9.17) is 4.74 Å². The minimum Gasteiger partial charge on any atom is -0.478 e. The van der Waals surface area contributed by atoms with Crippen molar-refractivity contribution in [3.8, 4) is 5.88 Å². The van der Waals surface area contributed by atoms with Crippen LogP contribution in [0.3, 0.4) is 0 Å². The molecule has 0 aliphatic heterocycles. The molecule has 5 heteroatoms. The van der Waals surface area contributed by atoms with E-state index in [0.29, 0.717) is 5.88 Å². The van der Waals surface area contributed by atoms with Crippen LogP contribution in [0.25, 0.3) is 11.0 Å². The van der Waals surface area contributed by atoms with Crippen molar-refractivity contribution < 1.29 is 4.74 Å². The molecule has 0 N–H and O–H groups in total. The van der Waals surface area contributed by atoms with Gasteiger partial charge < -0.3 is 9.30 Å². The van der Waals surface area contributed by atoms with Crippen LogP contribution in [0.2, 0.25) is 0 Å². The first-order valence-corrected chi connectivity index (χ1v) is 3.49. The van der Waals surface area contributed by atoms with E-state index < -0.39 is 0 Å². The third-order valence-electron chi connectivity index (χ3n) is 1.69. The average Bonchev–Trinajstić information content (AvgIpc) is 2.48. The molecule has 0 radical (unpaired) electrons. The van der Waals surface area contributed by atoms with Crippen LogP contribution >= 0.6 is 0 Å². The Hall–Kier alpha value is -1.65. The van der Waals surface area contributed by atoms with E-state index in [9.17, 15) is 0 Å². The van der Waals surface area contributed by atoms with Gasteiger partial charge in [0.1, 0.15) is 11.0 Å². The maximum Gasteiger partial charge on any atom is 0.259 e. The molecule has 62 valence electrons. The molecule has 0 saturated carbocycles. The zero-order valence-electron chi connectivity index (χ0n) is 6.85. The summed E-state index contributed by atoms with van der Waals surface area (Å²) < 4.78 is 6.88. The van der Waals surface area contributed by atoms with Crippen molar-refractivity contribution in [1.82, 2.24) is 19.7 Å². The molecule has 0 aliphatic carbocycles.